The first-order chi connectivity index (χ1) is 13.8. The summed E-state index contributed by atoms with van der Waals surface area (Å²) in [5.41, 5.74) is 1.70. The predicted octanol–water partition coefficient (Wildman–Crippen LogP) is 3.16. The van der Waals surface area contributed by atoms with Crippen molar-refractivity contribution in [3.63, 3.8) is 0 Å². The van der Waals surface area contributed by atoms with Gasteiger partial charge in [-0.2, -0.15) is 0 Å². The summed E-state index contributed by atoms with van der Waals surface area (Å²) in [7, 11) is 0. The van der Waals surface area contributed by atoms with Crippen LogP contribution in [0.1, 0.15) is 24.4 Å². The number of hydrogen-bond acceptors (Lipinski definition) is 5. The van der Waals surface area contributed by atoms with Crippen LogP contribution in [0.4, 0.5) is 10.5 Å². The molecule has 0 unspecified atom stereocenters. The van der Waals surface area contributed by atoms with E-state index in [-0.39, 0.29) is 6.54 Å². The topological polar surface area (TPSA) is 91.4 Å². The molecule has 4 amide bonds. The lowest BCUT2D eigenvalue weighted by Crippen LogP contribution is -2.41. The maximum absolute atomic E-state index is 12.3. The molecule has 0 spiro atoms. The summed E-state index contributed by atoms with van der Waals surface area (Å²) in [6, 6.07) is 14.9. The minimum atomic E-state index is -0.986. The lowest BCUT2D eigenvalue weighted by Gasteiger charge is -2.15. The summed E-state index contributed by atoms with van der Waals surface area (Å²) in [6.07, 6.45) is 0.713. The van der Waals surface area contributed by atoms with Crippen molar-refractivity contribution in [3.8, 4) is 0 Å². The molecule has 2 aromatic carbocycles. The standard InChI is InChI=1S/C21H20N4O3S/c1-21(2)19(27)25(20(28)24-21)12-17(26)22-14-9-7-13(8-10-14)11-18-23-15-5-3-4-6-16(15)29-18/h3-10H,11-12H2,1-2H3,(H,22,26)(H,24,28). The smallest absolute Gasteiger partial charge is 0.325 e. The molecule has 0 bridgehead atoms. The Balaban J connectivity index is 1.37. The van der Waals surface area contributed by atoms with Gasteiger partial charge in [0.15, 0.2) is 0 Å². The average molecular weight is 408 g/mol. The molecule has 1 saturated heterocycles. The van der Waals surface area contributed by atoms with Crippen molar-refractivity contribution in [1.82, 2.24) is 15.2 Å². The number of para-hydroxylation sites is 1. The highest BCUT2D eigenvalue weighted by atomic mass is 32.1. The highest BCUT2D eigenvalue weighted by Crippen LogP contribution is 2.24. The Hall–Kier alpha value is -3.26. The number of urea groups is 1. The third kappa shape index (κ3) is 3.97. The Morgan fingerprint density at radius 1 is 1.14 bits per heavy atom. The number of nitrogens with zero attached hydrogens (tertiary/aromatic N) is 2. The van der Waals surface area contributed by atoms with E-state index < -0.39 is 23.4 Å². The summed E-state index contributed by atoms with van der Waals surface area (Å²) >= 11 is 1.67. The van der Waals surface area contributed by atoms with E-state index in [1.807, 2.05) is 30.3 Å². The maximum atomic E-state index is 12.3. The second-order valence-electron chi connectivity index (χ2n) is 7.44. The highest BCUT2D eigenvalue weighted by molar-refractivity contribution is 7.18. The van der Waals surface area contributed by atoms with E-state index in [1.165, 1.54) is 0 Å². The first-order valence-corrected chi connectivity index (χ1v) is 10.0. The number of anilines is 1. The number of imide groups is 1. The van der Waals surface area contributed by atoms with Gasteiger partial charge in [-0.05, 0) is 43.7 Å². The van der Waals surface area contributed by atoms with E-state index in [0.717, 1.165) is 25.7 Å². The minimum absolute atomic E-state index is 0.318. The number of nitrogens with one attached hydrogen (secondary N) is 2. The first-order valence-electron chi connectivity index (χ1n) is 9.19. The van der Waals surface area contributed by atoms with E-state index in [0.29, 0.717) is 12.1 Å². The van der Waals surface area contributed by atoms with Gasteiger partial charge in [0.25, 0.3) is 5.91 Å². The van der Waals surface area contributed by atoms with E-state index >= 15 is 0 Å². The van der Waals surface area contributed by atoms with Crippen LogP contribution in [-0.2, 0) is 16.0 Å². The molecule has 1 aliphatic rings. The third-order valence-corrected chi connectivity index (χ3v) is 5.71. The Bertz CT molecular complexity index is 1070. The normalized spacial score (nSPS) is 15.6. The zero-order valence-electron chi connectivity index (χ0n) is 16.1. The van der Waals surface area contributed by atoms with Crippen molar-refractivity contribution in [2.45, 2.75) is 25.8 Å². The Morgan fingerprint density at radius 2 is 1.86 bits per heavy atom. The molecule has 148 valence electrons. The van der Waals surface area contributed by atoms with Crippen LogP contribution in [0.3, 0.4) is 0 Å². The summed E-state index contributed by atoms with van der Waals surface area (Å²) in [6.45, 7) is 2.89. The van der Waals surface area contributed by atoms with Crippen molar-refractivity contribution >= 4 is 45.1 Å². The summed E-state index contributed by atoms with van der Waals surface area (Å²) < 4.78 is 1.16. The Kier molecular flexibility index (Phi) is 4.79. The summed E-state index contributed by atoms with van der Waals surface area (Å²) in [5, 5.41) is 6.31. The van der Waals surface area contributed by atoms with Gasteiger partial charge in [0.05, 0.1) is 15.2 Å². The summed E-state index contributed by atoms with van der Waals surface area (Å²) in [5.74, 6) is -0.839. The molecular formula is C21H20N4O3S. The van der Waals surface area contributed by atoms with Crippen LogP contribution >= 0.6 is 11.3 Å². The lowest BCUT2D eigenvalue weighted by atomic mass is 10.1. The molecule has 8 heteroatoms. The van der Waals surface area contributed by atoms with Gasteiger partial charge in [0.1, 0.15) is 12.1 Å². The van der Waals surface area contributed by atoms with Crippen molar-refractivity contribution in [3.05, 3.63) is 59.1 Å². The van der Waals surface area contributed by atoms with Gasteiger partial charge in [-0.25, -0.2) is 9.78 Å². The largest absolute Gasteiger partial charge is 0.325 e. The van der Waals surface area contributed by atoms with Crippen LogP contribution in [0.25, 0.3) is 10.2 Å². The molecule has 7 nitrogen and oxygen atoms in total. The number of carbonyl (C=O) groups excluding carboxylic acids is 3. The van der Waals surface area contributed by atoms with Crippen molar-refractivity contribution in [2.75, 3.05) is 11.9 Å². The second-order valence-corrected chi connectivity index (χ2v) is 8.56. The predicted molar refractivity (Wildman–Crippen MR) is 112 cm³/mol. The molecular weight excluding hydrogens is 388 g/mol. The molecule has 4 rings (SSSR count). The fourth-order valence-electron chi connectivity index (χ4n) is 3.18. The van der Waals surface area contributed by atoms with Gasteiger partial charge in [-0.15, -0.1) is 11.3 Å². The molecule has 0 radical (unpaired) electrons. The number of rotatable bonds is 5. The van der Waals surface area contributed by atoms with Gasteiger partial charge >= 0.3 is 6.03 Å². The van der Waals surface area contributed by atoms with Gasteiger partial charge in [-0.3, -0.25) is 14.5 Å². The molecule has 29 heavy (non-hydrogen) atoms. The van der Waals surface area contributed by atoms with Crippen LogP contribution in [0.2, 0.25) is 0 Å². The molecule has 2 heterocycles. The molecule has 0 atom stereocenters. The van der Waals surface area contributed by atoms with Crippen LogP contribution in [0.15, 0.2) is 48.5 Å². The van der Waals surface area contributed by atoms with Crippen molar-refractivity contribution in [1.29, 1.82) is 0 Å². The van der Waals surface area contributed by atoms with Crippen molar-refractivity contribution < 1.29 is 14.4 Å². The molecule has 2 N–H and O–H groups in total. The third-order valence-electron chi connectivity index (χ3n) is 4.68. The fraction of sp³-hybridized carbons (Fsp3) is 0.238. The molecule has 0 aliphatic carbocycles. The Morgan fingerprint density at radius 3 is 2.52 bits per heavy atom. The van der Waals surface area contributed by atoms with Crippen LogP contribution in [0.5, 0.6) is 0 Å². The number of benzene rings is 2. The number of aromatic nitrogens is 1. The summed E-state index contributed by atoms with van der Waals surface area (Å²) in [4.78, 5) is 41.9. The van der Waals surface area contributed by atoms with E-state index in [9.17, 15) is 14.4 Å². The Labute approximate surface area is 171 Å². The van der Waals surface area contributed by atoms with Gasteiger partial charge < -0.3 is 10.6 Å². The number of hydrogen-bond donors (Lipinski definition) is 2. The number of fused-ring (bicyclic) bond motifs is 1. The number of amides is 4. The van der Waals surface area contributed by atoms with Gasteiger partial charge in [-0.1, -0.05) is 24.3 Å². The van der Waals surface area contributed by atoms with E-state index in [2.05, 4.69) is 21.7 Å². The molecule has 1 fully saturated rings. The van der Waals surface area contributed by atoms with Gasteiger partial charge in [0.2, 0.25) is 5.91 Å². The van der Waals surface area contributed by atoms with E-state index in [4.69, 9.17) is 0 Å². The number of carbonyl (C=O) groups is 3. The van der Waals surface area contributed by atoms with Crippen LogP contribution < -0.4 is 10.6 Å². The molecule has 0 saturated carbocycles. The fourth-order valence-corrected chi connectivity index (χ4v) is 4.18. The molecule has 1 aromatic heterocycles. The SMILES string of the molecule is CC1(C)NC(=O)N(CC(=O)Nc2ccc(Cc3nc4ccccc4s3)cc2)C1=O. The lowest BCUT2D eigenvalue weighted by molar-refractivity contribution is -0.132. The average Bonchev–Trinajstić information content (AvgIpc) is 3.16. The zero-order valence-corrected chi connectivity index (χ0v) is 16.9. The van der Waals surface area contributed by atoms with Crippen molar-refractivity contribution in [2.24, 2.45) is 0 Å². The zero-order chi connectivity index (χ0) is 20.6. The quantitative estimate of drug-likeness (QED) is 0.635. The van der Waals surface area contributed by atoms with Crippen LogP contribution in [0, 0.1) is 0 Å². The second kappa shape index (κ2) is 7.29. The molecule has 3 aromatic rings. The van der Waals surface area contributed by atoms with Crippen LogP contribution in [-0.4, -0.2) is 39.8 Å². The first kappa shape index (κ1) is 19.1. The monoisotopic (exact) mass is 408 g/mol. The molecule has 1 aliphatic heterocycles. The maximum Gasteiger partial charge on any atom is 0.325 e. The highest BCUT2D eigenvalue weighted by Gasteiger charge is 2.44. The van der Waals surface area contributed by atoms with E-state index in [1.54, 1.807) is 37.3 Å². The minimum Gasteiger partial charge on any atom is -0.325 e. The number of thiazole rings is 1. The van der Waals surface area contributed by atoms with Gasteiger partial charge in [0, 0.05) is 12.1 Å².